The number of aromatic carboxylic acids is 1. The van der Waals surface area contributed by atoms with E-state index in [9.17, 15) is 4.79 Å². The molecule has 0 saturated heterocycles. The van der Waals surface area contributed by atoms with Crippen LogP contribution in [0.4, 0.5) is 0 Å². The number of aromatic amines is 1. The van der Waals surface area contributed by atoms with E-state index in [1.807, 2.05) is 0 Å². The fourth-order valence-electron chi connectivity index (χ4n) is 1.46. The molecule has 0 aliphatic rings. The van der Waals surface area contributed by atoms with Gasteiger partial charge in [0.25, 0.3) is 0 Å². The van der Waals surface area contributed by atoms with Gasteiger partial charge in [0.1, 0.15) is 0 Å². The summed E-state index contributed by atoms with van der Waals surface area (Å²) < 4.78 is 0.0729. The Balaban J connectivity index is 2.40. The summed E-state index contributed by atoms with van der Waals surface area (Å²) in [5.41, 5.74) is 1.83. The number of benzene rings is 1. The van der Waals surface area contributed by atoms with Crippen LogP contribution in [0.15, 0.2) is 23.4 Å². The number of aromatic nitrogens is 2. The second-order valence-corrected chi connectivity index (χ2v) is 6.61. The van der Waals surface area contributed by atoms with E-state index in [1.54, 1.807) is 30.0 Å². The zero-order valence-electron chi connectivity index (χ0n) is 9.94. The van der Waals surface area contributed by atoms with Crippen molar-refractivity contribution in [2.24, 2.45) is 0 Å². The van der Waals surface area contributed by atoms with Crippen LogP contribution >= 0.6 is 11.8 Å². The van der Waals surface area contributed by atoms with Crippen molar-refractivity contribution < 1.29 is 9.90 Å². The zero-order valence-corrected chi connectivity index (χ0v) is 10.8. The van der Waals surface area contributed by atoms with Crippen LogP contribution in [0.1, 0.15) is 31.1 Å². The number of carbonyl (C=O) groups is 1. The molecule has 1 heterocycles. The summed E-state index contributed by atoms with van der Waals surface area (Å²) in [4.78, 5) is 18.4. The largest absolute Gasteiger partial charge is 0.478 e. The van der Waals surface area contributed by atoms with Gasteiger partial charge < -0.3 is 10.1 Å². The summed E-state index contributed by atoms with van der Waals surface area (Å²) in [6.07, 6.45) is 0. The fourth-order valence-corrected chi connectivity index (χ4v) is 2.34. The monoisotopic (exact) mass is 250 g/mol. The maximum Gasteiger partial charge on any atom is 0.335 e. The van der Waals surface area contributed by atoms with Gasteiger partial charge in [-0.05, 0) is 18.2 Å². The number of nitrogens with one attached hydrogen (secondary N) is 1. The first kappa shape index (κ1) is 12.0. The van der Waals surface area contributed by atoms with Gasteiger partial charge in [0.15, 0.2) is 5.16 Å². The molecule has 0 radical (unpaired) electrons. The molecule has 0 bridgehead atoms. The summed E-state index contributed by atoms with van der Waals surface area (Å²) in [5.74, 6) is -0.925. The summed E-state index contributed by atoms with van der Waals surface area (Å²) in [6, 6.07) is 4.90. The molecule has 0 aliphatic carbocycles. The third kappa shape index (κ3) is 2.79. The minimum absolute atomic E-state index is 0.0729. The van der Waals surface area contributed by atoms with Crippen molar-refractivity contribution >= 4 is 28.8 Å². The van der Waals surface area contributed by atoms with E-state index in [4.69, 9.17) is 5.11 Å². The van der Waals surface area contributed by atoms with Gasteiger partial charge in [0, 0.05) is 4.75 Å². The first-order valence-corrected chi connectivity index (χ1v) is 6.09. The van der Waals surface area contributed by atoms with Gasteiger partial charge in [-0.15, -0.1) is 0 Å². The molecule has 2 rings (SSSR count). The second kappa shape index (κ2) is 4.07. The van der Waals surface area contributed by atoms with Crippen molar-refractivity contribution in [2.45, 2.75) is 30.7 Å². The molecule has 2 aromatic rings. The Morgan fingerprint density at radius 1 is 1.41 bits per heavy atom. The topological polar surface area (TPSA) is 66.0 Å². The molecule has 90 valence electrons. The van der Waals surface area contributed by atoms with Crippen LogP contribution in [-0.2, 0) is 0 Å². The number of carboxylic acid groups (broad SMARTS) is 1. The highest BCUT2D eigenvalue weighted by atomic mass is 32.2. The molecule has 2 N–H and O–H groups in total. The molecule has 1 aromatic carbocycles. The van der Waals surface area contributed by atoms with Gasteiger partial charge in [-0.25, -0.2) is 9.78 Å². The van der Waals surface area contributed by atoms with Crippen LogP contribution in [0.3, 0.4) is 0 Å². The lowest BCUT2D eigenvalue weighted by molar-refractivity contribution is 0.0697. The Hall–Kier alpha value is -1.49. The third-order valence-corrected chi connectivity index (χ3v) is 3.11. The van der Waals surface area contributed by atoms with Crippen LogP contribution < -0.4 is 0 Å². The smallest absolute Gasteiger partial charge is 0.335 e. The molecule has 0 fully saturated rings. The lowest BCUT2D eigenvalue weighted by Crippen LogP contribution is -2.06. The minimum Gasteiger partial charge on any atom is -0.478 e. The molecule has 0 saturated carbocycles. The Morgan fingerprint density at radius 3 is 2.71 bits per heavy atom. The van der Waals surface area contributed by atoms with E-state index >= 15 is 0 Å². The SMILES string of the molecule is CC(C)(C)Sc1nc2ccc(C(=O)O)cc2[nH]1. The summed E-state index contributed by atoms with van der Waals surface area (Å²) in [5, 5.41) is 9.71. The molecule has 0 spiro atoms. The zero-order chi connectivity index (χ0) is 12.6. The Kier molecular flexibility index (Phi) is 2.87. The van der Waals surface area contributed by atoms with E-state index in [0.29, 0.717) is 0 Å². The highest BCUT2D eigenvalue weighted by Gasteiger charge is 2.15. The molecule has 5 heteroatoms. The number of thioether (sulfide) groups is 1. The predicted molar refractivity (Wildman–Crippen MR) is 68.7 cm³/mol. The van der Waals surface area contributed by atoms with Crippen molar-refractivity contribution in [3.05, 3.63) is 23.8 Å². The number of hydrogen-bond acceptors (Lipinski definition) is 3. The lowest BCUT2D eigenvalue weighted by atomic mass is 10.2. The fraction of sp³-hybridized carbons (Fsp3) is 0.333. The molecule has 0 amide bonds. The molecule has 0 aliphatic heterocycles. The standard InChI is InChI=1S/C12H14N2O2S/c1-12(2,3)17-11-13-8-5-4-7(10(15)16)6-9(8)14-11/h4-6H,1-3H3,(H,13,14)(H,15,16). The predicted octanol–water partition coefficient (Wildman–Crippen LogP) is 3.15. The van der Waals surface area contributed by atoms with Gasteiger partial charge in [0.2, 0.25) is 0 Å². The normalized spacial score (nSPS) is 11.9. The first-order chi connectivity index (χ1) is 7.85. The van der Waals surface area contributed by atoms with Gasteiger partial charge >= 0.3 is 5.97 Å². The summed E-state index contributed by atoms with van der Waals surface area (Å²) >= 11 is 1.63. The molecule has 4 nitrogen and oxygen atoms in total. The molecule has 17 heavy (non-hydrogen) atoms. The Labute approximate surface area is 103 Å². The van der Waals surface area contributed by atoms with Crippen molar-refractivity contribution in [3.8, 4) is 0 Å². The Bertz CT molecular complexity index is 569. The van der Waals surface area contributed by atoms with Crippen LogP contribution in [0.2, 0.25) is 0 Å². The van der Waals surface area contributed by atoms with Crippen LogP contribution in [-0.4, -0.2) is 25.8 Å². The van der Waals surface area contributed by atoms with Gasteiger partial charge in [-0.3, -0.25) is 0 Å². The van der Waals surface area contributed by atoms with Gasteiger partial charge in [-0.1, -0.05) is 32.5 Å². The van der Waals surface area contributed by atoms with Crippen LogP contribution in [0, 0.1) is 0 Å². The maximum absolute atomic E-state index is 10.8. The van der Waals surface area contributed by atoms with E-state index in [0.717, 1.165) is 16.2 Å². The lowest BCUT2D eigenvalue weighted by Gasteiger charge is -2.14. The summed E-state index contributed by atoms with van der Waals surface area (Å²) in [7, 11) is 0. The van der Waals surface area contributed by atoms with E-state index in [1.165, 1.54) is 0 Å². The highest BCUT2D eigenvalue weighted by molar-refractivity contribution is 8.00. The summed E-state index contributed by atoms with van der Waals surface area (Å²) in [6.45, 7) is 6.31. The number of fused-ring (bicyclic) bond motifs is 1. The third-order valence-electron chi connectivity index (χ3n) is 2.11. The Morgan fingerprint density at radius 2 is 2.12 bits per heavy atom. The average molecular weight is 250 g/mol. The number of hydrogen-bond donors (Lipinski definition) is 2. The van der Waals surface area contributed by atoms with Crippen molar-refractivity contribution in [1.82, 2.24) is 9.97 Å². The van der Waals surface area contributed by atoms with Crippen LogP contribution in [0.5, 0.6) is 0 Å². The number of carboxylic acids is 1. The van der Waals surface area contributed by atoms with Crippen molar-refractivity contribution in [3.63, 3.8) is 0 Å². The van der Waals surface area contributed by atoms with E-state index in [2.05, 4.69) is 30.7 Å². The molecule has 0 atom stereocenters. The number of imidazole rings is 1. The molecular formula is C12H14N2O2S. The van der Waals surface area contributed by atoms with Crippen molar-refractivity contribution in [1.29, 1.82) is 0 Å². The quantitative estimate of drug-likeness (QED) is 0.803. The second-order valence-electron chi connectivity index (χ2n) is 4.79. The van der Waals surface area contributed by atoms with Gasteiger partial charge in [0.05, 0.1) is 16.6 Å². The number of nitrogens with zero attached hydrogens (tertiary/aromatic N) is 1. The average Bonchev–Trinajstić information content (AvgIpc) is 2.54. The van der Waals surface area contributed by atoms with Crippen molar-refractivity contribution in [2.75, 3.05) is 0 Å². The van der Waals surface area contributed by atoms with E-state index < -0.39 is 5.97 Å². The molecule has 0 unspecified atom stereocenters. The minimum atomic E-state index is -0.925. The highest BCUT2D eigenvalue weighted by Crippen LogP contribution is 2.31. The van der Waals surface area contributed by atoms with E-state index in [-0.39, 0.29) is 10.3 Å². The first-order valence-electron chi connectivity index (χ1n) is 5.27. The maximum atomic E-state index is 10.8. The number of rotatable bonds is 2. The molecule has 1 aromatic heterocycles. The van der Waals surface area contributed by atoms with Gasteiger partial charge in [-0.2, -0.15) is 0 Å². The number of H-pyrrole nitrogens is 1. The van der Waals surface area contributed by atoms with Crippen LogP contribution in [0.25, 0.3) is 11.0 Å². The molecular weight excluding hydrogens is 236 g/mol.